The van der Waals surface area contributed by atoms with Gasteiger partial charge in [-0.1, -0.05) is 0 Å². The van der Waals surface area contributed by atoms with Crippen LogP contribution >= 0.6 is 0 Å². The second-order valence-electron chi connectivity index (χ2n) is 1.03. The molecule has 0 amide bonds. The largest absolute Gasteiger partial charge is 0.383 e. The Bertz CT molecular complexity index is 40.0. The van der Waals surface area contributed by atoms with Crippen LogP contribution in [0.4, 0.5) is 13.2 Å². The lowest BCUT2D eigenvalue weighted by molar-refractivity contribution is 0.00819. The minimum Gasteiger partial charge on any atom is -0.383 e. The van der Waals surface area contributed by atoms with Crippen LogP contribution in [0.3, 0.4) is 0 Å². The molecule has 0 heterocycles. The Kier molecular flexibility index (Phi) is 13.6. The van der Waals surface area contributed by atoms with E-state index in [1.807, 2.05) is 0 Å². The third-order valence-corrected chi connectivity index (χ3v) is 0.322. The van der Waals surface area contributed by atoms with Crippen molar-refractivity contribution in [2.45, 2.75) is 6.68 Å². The molecule has 0 radical (unpaired) electrons. The van der Waals surface area contributed by atoms with Gasteiger partial charge < -0.3 is 10.5 Å². The average molecular weight is 145 g/mol. The van der Waals surface area contributed by atoms with Crippen LogP contribution in [0, 0.1) is 0 Å². The summed E-state index contributed by atoms with van der Waals surface area (Å²) in [6, 6.07) is 0. The Hall–Kier alpha value is -0.290. The quantitative estimate of drug-likeness (QED) is 0.622. The molecule has 2 nitrogen and oxygen atoms in total. The van der Waals surface area contributed by atoms with Gasteiger partial charge >= 0.3 is 6.68 Å². The highest BCUT2D eigenvalue weighted by Crippen LogP contribution is 1.87. The predicted octanol–water partition coefficient (Wildman–Crippen LogP) is 0.770. The summed E-state index contributed by atoms with van der Waals surface area (Å²) in [6.45, 7) is -2.38. The summed E-state index contributed by atoms with van der Waals surface area (Å²) in [7, 11) is 1.63. The smallest absolute Gasteiger partial charge is 0.379 e. The predicted molar refractivity (Wildman–Crippen MR) is 28.0 cm³/mol. The number of rotatable bonds is 2. The molecule has 0 fully saturated rings. The molecule has 0 aromatic carbocycles. The third-order valence-electron chi connectivity index (χ3n) is 0.322. The second-order valence-corrected chi connectivity index (χ2v) is 1.03. The molecule has 0 atom stereocenters. The van der Waals surface area contributed by atoms with Gasteiger partial charge in [-0.3, -0.25) is 0 Å². The van der Waals surface area contributed by atoms with Crippen LogP contribution < -0.4 is 5.73 Å². The van der Waals surface area contributed by atoms with Crippen molar-refractivity contribution in [1.29, 1.82) is 0 Å². The van der Waals surface area contributed by atoms with Crippen LogP contribution in [-0.2, 0) is 4.74 Å². The number of ether oxygens (including phenoxy) is 1. The van der Waals surface area contributed by atoms with Gasteiger partial charge in [0.05, 0.1) is 6.61 Å². The van der Waals surface area contributed by atoms with Gasteiger partial charge in [-0.05, 0) is 0 Å². The van der Waals surface area contributed by atoms with Crippen molar-refractivity contribution < 1.29 is 17.9 Å². The number of alkyl halides is 3. The molecule has 2 N–H and O–H groups in total. The number of hydrogen-bond donors (Lipinski definition) is 1. The fourth-order valence-electron chi connectivity index (χ4n) is 0.118. The molecular formula is C4H10F3NO. The van der Waals surface area contributed by atoms with E-state index in [0.29, 0.717) is 13.2 Å². The molecule has 0 aliphatic carbocycles. The Balaban J connectivity index is 0. The van der Waals surface area contributed by atoms with Crippen LogP contribution in [0.25, 0.3) is 0 Å². The summed E-state index contributed by atoms with van der Waals surface area (Å²) in [5.41, 5.74) is 5.01. The minimum absolute atomic E-state index is 0.622. The van der Waals surface area contributed by atoms with Crippen molar-refractivity contribution >= 4 is 0 Å². The summed E-state index contributed by atoms with van der Waals surface area (Å²) in [5.74, 6) is 0. The van der Waals surface area contributed by atoms with E-state index in [9.17, 15) is 13.2 Å². The van der Waals surface area contributed by atoms with Crippen LogP contribution in [-0.4, -0.2) is 26.9 Å². The topological polar surface area (TPSA) is 35.2 Å². The molecule has 0 saturated carbocycles. The highest BCUT2D eigenvalue weighted by atomic mass is 19.4. The zero-order valence-electron chi connectivity index (χ0n) is 5.11. The first-order valence-electron chi connectivity index (χ1n) is 2.26. The first-order valence-corrected chi connectivity index (χ1v) is 2.26. The Morgan fingerprint density at radius 1 is 1.44 bits per heavy atom. The van der Waals surface area contributed by atoms with E-state index in [0.717, 1.165) is 0 Å². The molecule has 0 aromatic heterocycles. The standard InChI is InChI=1S/C3H9NO.CHF3/c1-5-3-2-4;2-1(3)4/h2-4H2,1H3;1H. The summed E-state index contributed by atoms with van der Waals surface area (Å²) < 4.78 is 33.6. The molecule has 0 saturated heterocycles. The number of nitrogens with two attached hydrogens (primary N) is 1. The molecule has 0 aliphatic heterocycles. The normalized spacial score (nSPS) is 8.67. The number of halogens is 3. The average Bonchev–Trinajstić information content (AvgIpc) is 1.66. The molecule has 0 rings (SSSR count). The Morgan fingerprint density at radius 2 is 1.78 bits per heavy atom. The van der Waals surface area contributed by atoms with Crippen molar-refractivity contribution in [3.05, 3.63) is 0 Å². The van der Waals surface area contributed by atoms with E-state index in [1.165, 1.54) is 0 Å². The molecule has 0 aliphatic rings. The number of methoxy groups -OCH3 is 1. The maximum atomic E-state index is 9.67. The van der Waals surface area contributed by atoms with E-state index in [-0.39, 0.29) is 0 Å². The SMILES string of the molecule is COCCN.FC(F)F. The van der Waals surface area contributed by atoms with Gasteiger partial charge in [-0.2, -0.15) is 13.2 Å². The molecule has 9 heavy (non-hydrogen) atoms. The zero-order valence-corrected chi connectivity index (χ0v) is 5.11. The molecular weight excluding hydrogens is 135 g/mol. The lowest BCUT2D eigenvalue weighted by Crippen LogP contribution is -2.05. The fourth-order valence-corrected chi connectivity index (χ4v) is 0.118. The van der Waals surface area contributed by atoms with Crippen molar-refractivity contribution in [3.63, 3.8) is 0 Å². The highest BCUT2D eigenvalue weighted by molar-refractivity contribution is 4.22. The second kappa shape index (κ2) is 10.6. The highest BCUT2D eigenvalue weighted by Gasteiger charge is 1.86. The molecule has 0 bridgehead atoms. The molecule has 5 heteroatoms. The van der Waals surface area contributed by atoms with E-state index < -0.39 is 6.68 Å². The Morgan fingerprint density at radius 3 is 1.78 bits per heavy atom. The van der Waals surface area contributed by atoms with E-state index in [2.05, 4.69) is 4.74 Å². The van der Waals surface area contributed by atoms with Crippen LogP contribution in [0.2, 0.25) is 0 Å². The lowest BCUT2D eigenvalue weighted by Gasteiger charge is -1.85. The van der Waals surface area contributed by atoms with Gasteiger partial charge in [0, 0.05) is 13.7 Å². The lowest BCUT2D eigenvalue weighted by atomic mass is 10.7. The van der Waals surface area contributed by atoms with Crippen molar-refractivity contribution in [1.82, 2.24) is 0 Å². The van der Waals surface area contributed by atoms with Gasteiger partial charge in [0.15, 0.2) is 0 Å². The fraction of sp³-hybridized carbons (Fsp3) is 1.00. The van der Waals surface area contributed by atoms with Crippen LogP contribution in [0.5, 0.6) is 0 Å². The number of hydrogen-bond acceptors (Lipinski definition) is 2. The van der Waals surface area contributed by atoms with Crippen molar-refractivity contribution in [2.24, 2.45) is 5.73 Å². The van der Waals surface area contributed by atoms with E-state index in [4.69, 9.17) is 5.73 Å². The van der Waals surface area contributed by atoms with Gasteiger partial charge in [0.1, 0.15) is 0 Å². The minimum atomic E-state index is -3.67. The maximum Gasteiger partial charge on any atom is 0.379 e. The van der Waals surface area contributed by atoms with Crippen LogP contribution in [0.15, 0.2) is 0 Å². The zero-order chi connectivity index (χ0) is 7.70. The summed E-state index contributed by atoms with van der Waals surface area (Å²) >= 11 is 0. The molecule has 0 spiro atoms. The molecule has 0 unspecified atom stereocenters. The van der Waals surface area contributed by atoms with Crippen molar-refractivity contribution in [3.8, 4) is 0 Å². The third kappa shape index (κ3) is 86.0. The summed E-state index contributed by atoms with van der Waals surface area (Å²) in [4.78, 5) is 0. The Labute approximate surface area is 51.8 Å². The summed E-state index contributed by atoms with van der Waals surface area (Å²) in [5, 5.41) is 0. The van der Waals surface area contributed by atoms with Gasteiger partial charge in [0.25, 0.3) is 0 Å². The van der Waals surface area contributed by atoms with Crippen LogP contribution in [0.1, 0.15) is 0 Å². The monoisotopic (exact) mass is 145 g/mol. The maximum absolute atomic E-state index is 9.67. The molecule has 0 aromatic rings. The summed E-state index contributed by atoms with van der Waals surface area (Å²) in [6.07, 6.45) is 0. The first kappa shape index (κ1) is 11.5. The first-order chi connectivity index (χ1) is 4.15. The van der Waals surface area contributed by atoms with E-state index >= 15 is 0 Å². The van der Waals surface area contributed by atoms with Gasteiger partial charge in [-0.25, -0.2) is 0 Å². The van der Waals surface area contributed by atoms with Gasteiger partial charge in [0.2, 0.25) is 0 Å². The molecule has 58 valence electrons. The van der Waals surface area contributed by atoms with Crippen molar-refractivity contribution in [2.75, 3.05) is 20.3 Å². The van der Waals surface area contributed by atoms with E-state index in [1.54, 1.807) is 7.11 Å². The van der Waals surface area contributed by atoms with Gasteiger partial charge in [-0.15, -0.1) is 0 Å².